The van der Waals surface area contributed by atoms with Gasteiger partial charge in [0.2, 0.25) is 0 Å². The molecule has 224 valence electrons. The molecule has 0 aromatic heterocycles. The second kappa shape index (κ2) is 13.5. The van der Waals surface area contributed by atoms with Crippen LogP contribution in [0.4, 0.5) is 0 Å². The number of carbonyl (C=O) groups is 3. The van der Waals surface area contributed by atoms with Crippen molar-refractivity contribution in [1.29, 1.82) is 0 Å². The smallest absolute Gasteiger partial charge is 0.297 e. The topological polar surface area (TPSA) is 60.4 Å². The summed E-state index contributed by atoms with van der Waals surface area (Å²) in [6.07, 6.45) is 1.05. The Morgan fingerprint density at radius 3 is 0.891 bits per heavy atom. The Hall–Kier alpha value is -5.01. The van der Waals surface area contributed by atoms with Crippen LogP contribution in [0.3, 0.4) is 0 Å². The Kier molecular flexibility index (Phi) is 9.13. The lowest BCUT2D eigenvalue weighted by Gasteiger charge is -2.37. The summed E-state index contributed by atoms with van der Waals surface area (Å²) in [7, 11) is -6.63. The van der Waals surface area contributed by atoms with E-state index in [-0.39, 0.29) is 0 Å². The zero-order valence-electron chi connectivity index (χ0n) is 25.0. The zero-order chi connectivity index (χ0) is 31.9. The van der Waals surface area contributed by atoms with Gasteiger partial charge in [-0.3, -0.25) is 14.1 Å². The van der Waals surface area contributed by atoms with Crippen LogP contribution < -0.4 is 31.8 Å². The van der Waals surface area contributed by atoms with E-state index in [2.05, 4.69) is 0 Å². The first-order valence-electron chi connectivity index (χ1n) is 14.9. The molecular formula is C40H32O4P2+2. The molecule has 0 unspecified atom stereocenters. The summed E-state index contributed by atoms with van der Waals surface area (Å²) in [5, 5.41) is 2.28. The average molecular weight is 639 g/mol. The van der Waals surface area contributed by atoms with Gasteiger partial charge in [-0.1, -0.05) is 109 Å². The van der Waals surface area contributed by atoms with Gasteiger partial charge in [0.1, 0.15) is 39.1 Å². The molecule has 6 heteroatoms. The Balaban J connectivity index is 1.70. The highest BCUT2D eigenvalue weighted by molar-refractivity contribution is 7.99. The van der Waals surface area contributed by atoms with Gasteiger partial charge in [-0.05, 0) is 72.8 Å². The minimum absolute atomic E-state index is 0.527. The van der Waals surface area contributed by atoms with Crippen LogP contribution in [0.2, 0.25) is 0 Å². The first kappa shape index (κ1) is 31.0. The fourth-order valence-electron chi connectivity index (χ4n) is 6.18. The van der Waals surface area contributed by atoms with Crippen molar-refractivity contribution in [3.8, 4) is 0 Å². The molecule has 0 fully saturated rings. The van der Waals surface area contributed by atoms with Gasteiger partial charge < -0.3 is 0 Å². The molecule has 6 aromatic rings. The second-order valence-electron chi connectivity index (χ2n) is 10.7. The molecule has 6 rings (SSSR count). The van der Waals surface area contributed by atoms with Crippen molar-refractivity contribution in [3.05, 3.63) is 182 Å². The lowest BCUT2D eigenvalue weighted by Crippen LogP contribution is -2.56. The molecule has 0 saturated heterocycles. The third kappa shape index (κ3) is 5.11. The van der Waals surface area contributed by atoms with Gasteiger partial charge in [-0.15, -0.1) is 0 Å². The van der Waals surface area contributed by atoms with Crippen LogP contribution in [0.1, 0.15) is 0 Å². The molecular weight excluding hydrogens is 606 g/mol. The van der Waals surface area contributed by atoms with E-state index in [1.54, 1.807) is 0 Å². The first-order chi connectivity index (χ1) is 22.6. The van der Waals surface area contributed by atoms with Gasteiger partial charge in [0, 0.05) is 0 Å². The van der Waals surface area contributed by atoms with Crippen LogP contribution in [0.25, 0.3) is 0 Å². The molecule has 0 atom stereocenters. The van der Waals surface area contributed by atoms with Crippen LogP contribution in [-0.4, -0.2) is 23.7 Å². The average Bonchev–Trinajstić information content (AvgIpc) is 3.15. The van der Waals surface area contributed by atoms with Crippen molar-refractivity contribution in [1.82, 2.24) is 0 Å². The summed E-state index contributed by atoms with van der Waals surface area (Å²) in [4.78, 5) is 43.1. The molecule has 0 aliphatic heterocycles. The van der Waals surface area contributed by atoms with Gasteiger partial charge in [0.15, 0.2) is 12.6 Å². The number of hydrogen-bond donors (Lipinski definition) is 0. The predicted molar refractivity (Wildman–Crippen MR) is 191 cm³/mol. The molecule has 0 N–H and O–H groups in total. The quantitative estimate of drug-likeness (QED) is 0.106. The molecule has 4 nitrogen and oxygen atoms in total. The largest absolute Gasteiger partial charge is 0.410 e. The Morgan fingerprint density at radius 2 is 0.652 bits per heavy atom. The highest BCUT2D eigenvalue weighted by Gasteiger charge is 2.71. The van der Waals surface area contributed by atoms with Crippen LogP contribution in [-0.2, 0) is 18.9 Å². The van der Waals surface area contributed by atoms with Crippen molar-refractivity contribution in [3.63, 3.8) is 0 Å². The number of benzene rings is 6. The maximum absolute atomic E-state index is 15.4. The fourth-order valence-corrected chi connectivity index (χ4v) is 14.3. The van der Waals surface area contributed by atoms with Gasteiger partial charge in [0.25, 0.3) is 7.49 Å². The minimum Gasteiger partial charge on any atom is -0.297 e. The van der Waals surface area contributed by atoms with E-state index in [1.807, 2.05) is 182 Å². The molecule has 0 aliphatic carbocycles. The molecule has 46 heavy (non-hydrogen) atoms. The van der Waals surface area contributed by atoms with Gasteiger partial charge in [-0.25, -0.2) is 4.79 Å². The standard InChI is InChI=1S/C40H32O4P2/c41-31-40(32-42,45(33-19-7-1-8-20-33,34-21-9-2-10-22-34)35-23-11-3-12-24-35)39(43)44-46(36-25-13-4-14-26-36,37-27-15-5-16-28-37)38-29-17-6-18-30-38/h1-32H/q+2. The number of rotatable bonds is 11. The Bertz CT molecular complexity index is 1700. The molecule has 0 aliphatic rings. The summed E-state index contributed by atoms with van der Waals surface area (Å²) < 4.78 is 6.95. The zero-order valence-corrected chi connectivity index (χ0v) is 26.8. The van der Waals surface area contributed by atoms with Crippen molar-refractivity contribution in [2.45, 2.75) is 5.16 Å². The van der Waals surface area contributed by atoms with Crippen molar-refractivity contribution in [2.24, 2.45) is 0 Å². The summed E-state index contributed by atoms with van der Waals surface area (Å²) in [5.41, 5.74) is 0. The van der Waals surface area contributed by atoms with Crippen molar-refractivity contribution >= 4 is 65.1 Å². The van der Waals surface area contributed by atoms with Crippen LogP contribution in [0, 0.1) is 0 Å². The van der Waals surface area contributed by atoms with E-state index in [9.17, 15) is 9.59 Å². The third-order valence-corrected chi connectivity index (χ3v) is 16.5. The van der Waals surface area contributed by atoms with Crippen molar-refractivity contribution in [2.75, 3.05) is 0 Å². The number of carbonyl (C=O) groups excluding carboxylic acids is 3. The molecule has 0 amide bonds. The first-order valence-corrected chi connectivity index (χ1v) is 18.4. The molecule has 0 spiro atoms. The van der Waals surface area contributed by atoms with E-state index in [4.69, 9.17) is 4.52 Å². The maximum atomic E-state index is 15.4. The summed E-state index contributed by atoms with van der Waals surface area (Å²) in [6, 6.07) is 57.1. The molecule has 6 aromatic carbocycles. The Morgan fingerprint density at radius 1 is 0.413 bits per heavy atom. The fraction of sp³-hybridized carbons (Fsp3) is 0.0250. The highest BCUT2D eigenvalue weighted by atomic mass is 31.2. The van der Waals surface area contributed by atoms with E-state index >= 15 is 4.79 Å². The summed E-state index contributed by atoms with van der Waals surface area (Å²) in [5.74, 6) is -0.882. The predicted octanol–water partition coefficient (Wildman–Crippen LogP) is 5.57. The minimum atomic E-state index is -3.40. The lowest BCUT2D eigenvalue weighted by atomic mass is 10.2. The van der Waals surface area contributed by atoms with Gasteiger partial charge >= 0.3 is 11.1 Å². The third-order valence-electron chi connectivity index (χ3n) is 8.25. The van der Waals surface area contributed by atoms with Gasteiger partial charge in [0.05, 0.1) is 0 Å². The number of aldehydes is 2. The highest BCUT2D eigenvalue weighted by Crippen LogP contribution is 2.67. The van der Waals surface area contributed by atoms with E-state index in [0.717, 1.165) is 15.9 Å². The molecule has 0 radical (unpaired) electrons. The normalized spacial score (nSPS) is 11.7. The van der Waals surface area contributed by atoms with Crippen molar-refractivity contribution < 1.29 is 18.9 Å². The van der Waals surface area contributed by atoms with E-state index in [0.29, 0.717) is 28.5 Å². The molecule has 0 heterocycles. The maximum Gasteiger partial charge on any atom is 0.410 e. The summed E-state index contributed by atoms with van der Waals surface area (Å²) >= 11 is 0. The monoisotopic (exact) mass is 638 g/mol. The number of hydrogen-bond acceptors (Lipinski definition) is 4. The van der Waals surface area contributed by atoms with Crippen LogP contribution >= 0.6 is 14.8 Å². The molecule has 0 saturated carbocycles. The second-order valence-corrected chi connectivity index (χ2v) is 17.3. The SMILES string of the molecule is O=CC(C=O)(C(=O)O[P+](c1ccccc1)(c1ccccc1)c1ccccc1)[P+](c1ccccc1)(c1ccccc1)c1ccccc1. The van der Waals surface area contributed by atoms with E-state index in [1.165, 1.54) is 0 Å². The molecule has 0 bridgehead atoms. The van der Waals surface area contributed by atoms with Gasteiger partial charge in [-0.2, -0.15) is 0 Å². The van der Waals surface area contributed by atoms with E-state index < -0.39 is 25.9 Å². The Labute approximate surface area is 270 Å². The van der Waals surface area contributed by atoms with Crippen LogP contribution in [0.5, 0.6) is 0 Å². The lowest BCUT2D eigenvalue weighted by molar-refractivity contribution is -0.140. The van der Waals surface area contributed by atoms with Crippen LogP contribution in [0.15, 0.2) is 182 Å². The summed E-state index contributed by atoms with van der Waals surface area (Å²) in [6.45, 7) is 0.